The number of nitrogens with zero attached hydrogens (tertiary/aromatic N) is 2. The van der Waals surface area contributed by atoms with E-state index in [1.165, 1.54) is 0 Å². The van der Waals surface area contributed by atoms with Crippen molar-refractivity contribution in [3.63, 3.8) is 0 Å². The third-order valence-corrected chi connectivity index (χ3v) is 6.78. The lowest BCUT2D eigenvalue weighted by molar-refractivity contribution is 0.495. The Hall–Kier alpha value is 0.630. The largest absolute Gasteiger partial charge is 0.288 e. The van der Waals surface area contributed by atoms with E-state index in [-0.39, 0.29) is 0 Å². The van der Waals surface area contributed by atoms with Gasteiger partial charge >= 0.3 is 0 Å². The van der Waals surface area contributed by atoms with Crippen molar-refractivity contribution in [2.45, 2.75) is 0 Å². The Kier molecular flexibility index (Phi) is 2.56. The first-order valence-electron chi connectivity index (χ1n) is 3.19. The van der Waals surface area contributed by atoms with Crippen LogP contribution in [0.5, 0.6) is 0 Å². The van der Waals surface area contributed by atoms with Gasteiger partial charge in [-0.1, -0.05) is 15.9 Å². The van der Waals surface area contributed by atoms with E-state index in [0.29, 0.717) is 5.07 Å². The lowest BCUT2D eigenvalue weighted by Crippen LogP contribution is -2.13. The van der Waals surface area contributed by atoms with Gasteiger partial charge in [0.25, 0.3) is 0 Å². The topological polar surface area (TPSA) is 23.6 Å². The summed E-state index contributed by atoms with van der Waals surface area (Å²) in [6, 6.07) is 0. The second-order valence-corrected chi connectivity index (χ2v) is 6.99. The molecule has 5 heteroatoms. The number of halogens is 1. The van der Waals surface area contributed by atoms with E-state index < -0.39 is 7.44 Å². The van der Waals surface area contributed by atoms with Crippen molar-refractivity contribution < 1.29 is 4.57 Å². The molecule has 1 aliphatic rings. The van der Waals surface area contributed by atoms with E-state index >= 15 is 0 Å². The Labute approximate surface area is 70.0 Å². The quantitative estimate of drug-likeness (QED) is 0.499. The summed E-state index contributed by atoms with van der Waals surface area (Å²) in [6.07, 6.45) is 0. The minimum atomic E-state index is -2.15. The molecule has 0 aliphatic carbocycles. The van der Waals surface area contributed by atoms with Gasteiger partial charge in [0, 0.05) is 13.1 Å². The molecule has 0 aromatic rings. The molecule has 0 bridgehead atoms. The minimum Gasteiger partial charge on any atom is -0.288 e. The monoisotopic (exact) mass is 226 g/mol. The SMILES string of the molecule is CN1CCN(C)P1(=O)CBr. The van der Waals surface area contributed by atoms with Crippen LogP contribution in [0.15, 0.2) is 0 Å². The Morgan fingerprint density at radius 3 is 2.00 bits per heavy atom. The average molecular weight is 227 g/mol. The van der Waals surface area contributed by atoms with Gasteiger partial charge < -0.3 is 0 Å². The van der Waals surface area contributed by atoms with Crippen molar-refractivity contribution >= 4 is 23.4 Å². The summed E-state index contributed by atoms with van der Waals surface area (Å²) in [4.78, 5) is 0. The summed E-state index contributed by atoms with van der Waals surface area (Å²) in [5.41, 5.74) is 0. The van der Waals surface area contributed by atoms with Crippen LogP contribution in [0.1, 0.15) is 0 Å². The molecule has 0 unspecified atom stereocenters. The highest BCUT2D eigenvalue weighted by Gasteiger charge is 2.36. The molecule has 0 atom stereocenters. The maximum absolute atomic E-state index is 11.8. The number of alkyl halides is 1. The summed E-state index contributed by atoms with van der Waals surface area (Å²) in [6.45, 7) is 1.83. The number of hydrogen-bond acceptors (Lipinski definition) is 1. The molecule has 0 radical (unpaired) electrons. The Morgan fingerprint density at radius 2 is 1.80 bits per heavy atom. The normalized spacial score (nSPS) is 27.5. The van der Waals surface area contributed by atoms with Gasteiger partial charge in [-0.15, -0.1) is 0 Å². The highest BCUT2D eigenvalue weighted by molar-refractivity contribution is 9.10. The van der Waals surface area contributed by atoms with Crippen LogP contribution in [0.4, 0.5) is 0 Å². The van der Waals surface area contributed by atoms with Crippen LogP contribution >= 0.6 is 23.4 Å². The summed E-state index contributed by atoms with van der Waals surface area (Å²) >= 11 is 3.27. The first-order chi connectivity index (χ1) is 4.61. The van der Waals surface area contributed by atoms with Crippen molar-refractivity contribution in [1.29, 1.82) is 0 Å². The minimum absolute atomic E-state index is 0.576. The zero-order valence-corrected chi connectivity index (χ0v) is 8.73. The molecule has 0 N–H and O–H groups in total. The summed E-state index contributed by atoms with van der Waals surface area (Å²) in [7, 11) is 1.67. The first-order valence-corrected chi connectivity index (χ1v) is 6.11. The third kappa shape index (κ3) is 1.18. The molecule has 1 saturated heterocycles. The first kappa shape index (κ1) is 8.72. The van der Waals surface area contributed by atoms with Crippen molar-refractivity contribution in [2.24, 2.45) is 0 Å². The summed E-state index contributed by atoms with van der Waals surface area (Å²) < 4.78 is 15.7. The highest BCUT2D eigenvalue weighted by Crippen LogP contribution is 2.55. The van der Waals surface area contributed by atoms with E-state index in [1.807, 2.05) is 23.4 Å². The van der Waals surface area contributed by atoms with Gasteiger partial charge in [0.15, 0.2) is 0 Å². The molecule has 1 heterocycles. The molecule has 0 aromatic heterocycles. The smallest absolute Gasteiger partial charge is 0.226 e. The van der Waals surface area contributed by atoms with Crippen LogP contribution in [0.2, 0.25) is 0 Å². The molecular formula is C5H12BrN2OP. The summed E-state index contributed by atoms with van der Waals surface area (Å²) in [5, 5.41) is 0.576. The standard InChI is InChI=1S/C5H12BrN2OP/c1-7-3-4-8(2)10(7,9)5-6/h3-5H2,1-2H3. The fourth-order valence-electron chi connectivity index (χ4n) is 1.05. The zero-order chi connectivity index (χ0) is 7.78. The Balaban J connectivity index is 2.80. The van der Waals surface area contributed by atoms with Gasteiger partial charge in [0.05, 0.1) is 5.07 Å². The average Bonchev–Trinajstić information content (AvgIpc) is 2.18. The number of likely N-dealkylation sites (N-methyl/N-ethyl adjacent to an activating group) is 2. The molecule has 0 aromatic carbocycles. The van der Waals surface area contributed by atoms with Gasteiger partial charge in [-0.2, -0.15) is 0 Å². The van der Waals surface area contributed by atoms with Gasteiger partial charge in [-0.25, -0.2) is 9.34 Å². The van der Waals surface area contributed by atoms with Crippen LogP contribution in [0, 0.1) is 0 Å². The molecule has 1 aliphatic heterocycles. The Morgan fingerprint density at radius 1 is 1.40 bits per heavy atom. The van der Waals surface area contributed by atoms with E-state index in [1.54, 1.807) is 0 Å². The van der Waals surface area contributed by atoms with E-state index in [0.717, 1.165) is 13.1 Å². The number of hydrogen-bond donors (Lipinski definition) is 0. The van der Waals surface area contributed by atoms with E-state index in [2.05, 4.69) is 15.9 Å². The predicted octanol–water partition coefficient (Wildman–Crippen LogP) is 1.41. The summed E-state index contributed by atoms with van der Waals surface area (Å²) in [5.74, 6) is 0. The van der Waals surface area contributed by atoms with E-state index in [9.17, 15) is 4.57 Å². The van der Waals surface area contributed by atoms with Crippen molar-refractivity contribution in [3.05, 3.63) is 0 Å². The van der Waals surface area contributed by atoms with Crippen molar-refractivity contribution in [3.8, 4) is 0 Å². The third-order valence-electron chi connectivity index (χ3n) is 1.97. The second kappa shape index (κ2) is 2.94. The Bertz CT molecular complexity index is 161. The molecule has 60 valence electrons. The zero-order valence-electron chi connectivity index (χ0n) is 6.25. The lowest BCUT2D eigenvalue weighted by Gasteiger charge is -2.22. The predicted molar refractivity (Wildman–Crippen MR) is 46.7 cm³/mol. The van der Waals surface area contributed by atoms with Crippen LogP contribution in [0.3, 0.4) is 0 Å². The maximum Gasteiger partial charge on any atom is 0.226 e. The second-order valence-electron chi connectivity index (χ2n) is 2.55. The van der Waals surface area contributed by atoms with Crippen LogP contribution in [0.25, 0.3) is 0 Å². The fraction of sp³-hybridized carbons (Fsp3) is 1.00. The lowest BCUT2D eigenvalue weighted by atomic mass is 10.6. The van der Waals surface area contributed by atoms with Gasteiger partial charge in [0.1, 0.15) is 0 Å². The van der Waals surface area contributed by atoms with Gasteiger partial charge in [0.2, 0.25) is 7.44 Å². The van der Waals surface area contributed by atoms with Gasteiger partial charge in [-0.3, -0.25) is 4.57 Å². The van der Waals surface area contributed by atoms with Crippen LogP contribution in [-0.2, 0) is 4.57 Å². The van der Waals surface area contributed by atoms with Crippen molar-refractivity contribution in [1.82, 2.24) is 9.34 Å². The molecule has 10 heavy (non-hydrogen) atoms. The fourth-order valence-corrected chi connectivity index (χ4v) is 5.03. The van der Waals surface area contributed by atoms with E-state index in [4.69, 9.17) is 0 Å². The van der Waals surface area contributed by atoms with Gasteiger partial charge in [-0.05, 0) is 14.1 Å². The maximum atomic E-state index is 11.8. The highest BCUT2D eigenvalue weighted by atomic mass is 79.9. The molecular weight excluding hydrogens is 215 g/mol. The molecule has 1 rings (SSSR count). The van der Waals surface area contributed by atoms with Crippen molar-refractivity contribution in [2.75, 3.05) is 32.3 Å². The molecule has 0 spiro atoms. The van der Waals surface area contributed by atoms with Crippen LogP contribution < -0.4 is 0 Å². The molecule has 0 amide bonds. The number of rotatable bonds is 1. The van der Waals surface area contributed by atoms with Crippen LogP contribution in [-0.4, -0.2) is 41.6 Å². The molecule has 3 nitrogen and oxygen atoms in total. The molecule has 1 fully saturated rings. The molecule has 0 saturated carbocycles.